The zero-order valence-electron chi connectivity index (χ0n) is 21.7. The van der Waals surface area contributed by atoms with Crippen molar-refractivity contribution >= 4 is 35.1 Å². The molecule has 9 heteroatoms. The number of likely N-dealkylation sites (tertiary alicyclic amines) is 1. The van der Waals surface area contributed by atoms with Gasteiger partial charge >= 0.3 is 5.97 Å². The summed E-state index contributed by atoms with van der Waals surface area (Å²) in [4.78, 5) is 45.3. The Morgan fingerprint density at radius 3 is 2.55 bits per heavy atom. The van der Waals surface area contributed by atoms with Gasteiger partial charge in [-0.1, -0.05) is 35.9 Å². The topological polar surface area (TPSA) is 96.4 Å². The zero-order chi connectivity index (χ0) is 26.9. The maximum atomic E-state index is 14.3. The number of unbranched alkanes of at least 4 members (excludes halogenated alkanes) is 2. The highest BCUT2D eigenvalue weighted by Crippen LogP contribution is 2.57. The molecule has 1 spiro atoms. The first-order chi connectivity index (χ1) is 18.3. The number of allylic oxidation sites excluding steroid dienone is 1. The van der Waals surface area contributed by atoms with E-state index in [4.69, 9.17) is 21.1 Å². The van der Waals surface area contributed by atoms with Gasteiger partial charge in [0.25, 0.3) is 5.91 Å². The van der Waals surface area contributed by atoms with Crippen molar-refractivity contribution in [2.45, 2.75) is 62.7 Å². The van der Waals surface area contributed by atoms with E-state index in [1.54, 1.807) is 34.1 Å². The smallest absolute Gasteiger partial charge is 0.313 e. The van der Waals surface area contributed by atoms with Crippen LogP contribution in [0.4, 0.5) is 5.69 Å². The second-order valence-electron chi connectivity index (χ2n) is 10.7. The predicted molar refractivity (Wildman–Crippen MR) is 143 cm³/mol. The number of aliphatic hydroxyl groups excluding tert-OH is 1. The quantitative estimate of drug-likeness (QED) is 0.335. The number of rotatable bonds is 6. The van der Waals surface area contributed by atoms with Crippen molar-refractivity contribution in [1.82, 2.24) is 4.90 Å². The van der Waals surface area contributed by atoms with E-state index in [-0.39, 0.29) is 18.4 Å². The first kappa shape index (κ1) is 26.9. The van der Waals surface area contributed by atoms with Crippen LogP contribution >= 0.6 is 11.6 Å². The molecule has 1 unspecified atom stereocenters. The van der Waals surface area contributed by atoms with Gasteiger partial charge in [-0.3, -0.25) is 14.4 Å². The molecule has 1 N–H and O–H groups in total. The van der Waals surface area contributed by atoms with Crippen LogP contribution in [0.25, 0.3) is 0 Å². The Morgan fingerprint density at radius 1 is 1.00 bits per heavy atom. The Hall–Kier alpha value is -2.68. The average molecular weight is 543 g/mol. The van der Waals surface area contributed by atoms with Gasteiger partial charge in [0, 0.05) is 30.4 Å². The van der Waals surface area contributed by atoms with E-state index in [0.29, 0.717) is 49.7 Å². The summed E-state index contributed by atoms with van der Waals surface area (Å²) in [6, 6.07) is 6.07. The van der Waals surface area contributed by atoms with Crippen LogP contribution in [0.3, 0.4) is 0 Å². The summed E-state index contributed by atoms with van der Waals surface area (Å²) in [5.74, 6) is -2.77. The van der Waals surface area contributed by atoms with Crippen LogP contribution < -0.4 is 4.90 Å². The molecule has 0 bridgehead atoms. The number of amides is 2. The second-order valence-corrected chi connectivity index (χ2v) is 11.1. The van der Waals surface area contributed by atoms with Gasteiger partial charge in [-0.2, -0.15) is 0 Å². The van der Waals surface area contributed by atoms with Crippen LogP contribution in [0.2, 0.25) is 5.02 Å². The number of halogens is 1. The fraction of sp³-hybridized carbons (Fsp3) is 0.552. The number of carbonyl (C=O) groups is 3. The summed E-state index contributed by atoms with van der Waals surface area (Å²) in [6.45, 7) is 2.80. The lowest BCUT2D eigenvalue weighted by Crippen LogP contribution is -2.56. The standard InChI is InChI=1S/C29H35ClN2O6/c1-28-14-5-2-3-8-19-37-27(36)23(28)22-25(34)32(16-6-4-7-18-33)24-26(35)31(17-9-15-29(22,24)38-28)21-12-10-20(30)11-13-21/h5,9-15,22-24,33H,2-4,6-8,16-19H2,1H3/b14-5-/t22-,23+,24?,28-,29-/m0/s1. The fourth-order valence-corrected chi connectivity index (χ4v) is 6.59. The van der Waals surface area contributed by atoms with Crippen LogP contribution in [0, 0.1) is 11.8 Å². The molecule has 0 saturated carbocycles. The number of benzene rings is 1. The Balaban J connectivity index is 1.59. The van der Waals surface area contributed by atoms with Crippen LogP contribution in [0.1, 0.15) is 45.4 Å². The predicted octanol–water partition coefficient (Wildman–Crippen LogP) is 3.66. The molecule has 4 heterocycles. The number of nitrogens with zero attached hydrogens (tertiary/aromatic N) is 2. The summed E-state index contributed by atoms with van der Waals surface area (Å²) in [6.07, 6.45) is 12.0. The number of cyclic esters (lactones) is 1. The number of hydrogen-bond acceptors (Lipinski definition) is 6. The molecule has 204 valence electrons. The minimum Gasteiger partial charge on any atom is -0.465 e. The summed E-state index contributed by atoms with van der Waals surface area (Å²) in [5, 5.41) is 9.79. The third kappa shape index (κ3) is 4.56. The Morgan fingerprint density at radius 2 is 1.79 bits per heavy atom. The van der Waals surface area contributed by atoms with Crippen molar-refractivity contribution in [2.75, 3.05) is 31.2 Å². The highest BCUT2D eigenvalue weighted by atomic mass is 35.5. The molecule has 4 aliphatic rings. The van der Waals surface area contributed by atoms with Crippen LogP contribution in [0.5, 0.6) is 0 Å². The molecule has 38 heavy (non-hydrogen) atoms. The van der Waals surface area contributed by atoms with Gasteiger partial charge in [-0.25, -0.2) is 0 Å². The first-order valence-electron chi connectivity index (χ1n) is 13.5. The number of carbonyl (C=O) groups excluding carboxylic acids is 3. The van der Waals surface area contributed by atoms with E-state index in [2.05, 4.69) is 0 Å². The minimum atomic E-state index is -1.32. The van der Waals surface area contributed by atoms with Gasteiger partial charge in [0.2, 0.25) is 5.91 Å². The highest BCUT2D eigenvalue weighted by molar-refractivity contribution is 6.30. The number of fused-ring (bicyclic) bond motifs is 2. The van der Waals surface area contributed by atoms with E-state index < -0.39 is 35.0 Å². The molecule has 4 aliphatic heterocycles. The molecule has 2 amide bonds. The molecule has 0 aromatic heterocycles. The lowest BCUT2D eigenvalue weighted by molar-refractivity contribution is -0.158. The molecule has 2 fully saturated rings. The molecule has 8 nitrogen and oxygen atoms in total. The van der Waals surface area contributed by atoms with E-state index >= 15 is 0 Å². The number of ether oxygens (including phenoxy) is 2. The Bertz CT molecular complexity index is 1140. The van der Waals surface area contributed by atoms with E-state index in [1.165, 1.54) is 0 Å². The summed E-state index contributed by atoms with van der Waals surface area (Å²) in [5.41, 5.74) is -1.75. The molecule has 5 atom stereocenters. The lowest BCUT2D eigenvalue weighted by atomic mass is 9.74. The molecule has 1 aromatic carbocycles. The summed E-state index contributed by atoms with van der Waals surface area (Å²) < 4.78 is 12.5. The Labute approximate surface area is 228 Å². The van der Waals surface area contributed by atoms with Crippen LogP contribution in [-0.4, -0.2) is 71.3 Å². The fourth-order valence-electron chi connectivity index (χ4n) is 6.46. The second kappa shape index (κ2) is 10.8. The molecule has 0 aliphatic carbocycles. The maximum absolute atomic E-state index is 14.3. The van der Waals surface area contributed by atoms with E-state index in [9.17, 15) is 19.5 Å². The number of aliphatic hydroxyl groups is 1. The van der Waals surface area contributed by atoms with Gasteiger partial charge in [-0.15, -0.1) is 0 Å². The Kier molecular flexibility index (Phi) is 7.67. The molecule has 1 aromatic rings. The normalized spacial score (nSPS) is 33.9. The molecule has 0 radical (unpaired) electrons. The monoisotopic (exact) mass is 542 g/mol. The van der Waals surface area contributed by atoms with Crippen molar-refractivity contribution < 1.29 is 29.0 Å². The SMILES string of the molecule is C[C@]12/C=C\CCCCOC(=O)[C@H]1[C@H]1C(=O)N(CCCCCO)C3C(=O)N(c4ccc(Cl)cc4)CC=C[C@@]31O2. The van der Waals surface area contributed by atoms with Crippen molar-refractivity contribution in [3.63, 3.8) is 0 Å². The third-order valence-corrected chi connectivity index (χ3v) is 8.45. The van der Waals surface area contributed by atoms with Crippen LogP contribution in [0.15, 0.2) is 48.6 Å². The van der Waals surface area contributed by atoms with Crippen LogP contribution in [-0.2, 0) is 23.9 Å². The molecule has 5 rings (SSSR count). The summed E-state index contributed by atoms with van der Waals surface area (Å²) in [7, 11) is 0. The van der Waals surface area contributed by atoms with Crippen molar-refractivity contribution in [3.05, 3.63) is 53.6 Å². The largest absolute Gasteiger partial charge is 0.465 e. The van der Waals surface area contributed by atoms with Gasteiger partial charge in [0.05, 0.1) is 18.1 Å². The van der Waals surface area contributed by atoms with E-state index in [1.807, 2.05) is 31.2 Å². The first-order valence-corrected chi connectivity index (χ1v) is 13.9. The van der Waals surface area contributed by atoms with Crippen molar-refractivity contribution in [1.29, 1.82) is 0 Å². The molecular weight excluding hydrogens is 508 g/mol. The number of hydrogen-bond donors (Lipinski definition) is 1. The maximum Gasteiger partial charge on any atom is 0.313 e. The molecular formula is C29H35ClN2O6. The molecule has 2 saturated heterocycles. The van der Waals surface area contributed by atoms with Crippen molar-refractivity contribution in [3.8, 4) is 0 Å². The van der Waals surface area contributed by atoms with Gasteiger partial charge in [0.1, 0.15) is 17.6 Å². The average Bonchev–Trinajstić information content (AvgIpc) is 3.22. The van der Waals surface area contributed by atoms with E-state index in [0.717, 1.165) is 19.3 Å². The minimum absolute atomic E-state index is 0.0671. The van der Waals surface area contributed by atoms with Gasteiger partial charge in [-0.05, 0) is 69.7 Å². The number of anilines is 1. The third-order valence-electron chi connectivity index (χ3n) is 8.20. The zero-order valence-corrected chi connectivity index (χ0v) is 22.4. The number of esters is 1. The lowest BCUT2D eigenvalue weighted by Gasteiger charge is -2.37. The highest BCUT2D eigenvalue weighted by Gasteiger charge is 2.74. The van der Waals surface area contributed by atoms with Crippen molar-refractivity contribution in [2.24, 2.45) is 11.8 Å². The van der Waals surface area contributed by atoms with Gasteiger partial charge in [0.15, 0.2) is 0 Å². The van der Waals surface area contributed by atoms with Gasteiger partial charge < -0.3 is 24.4 Å². The summed E-state index contributed by atoms with van der Waals surface area (Å²) >= 11 is 6.10.